The van der Waals surface area contributed by atoms with Gasteiger partial charge in [0.05, 0.1) is 20.3 Å². The van der Waals surface area contributed by atoms with E-state index in [-0.39, 0.29) is 17.4 Å². The summed E-state index contributed by atoms with van der Waals surface area (Å²) in [4.78, 5) is 14.7. The number of methoxy groups -OCH3 is 2. The molecule has 134 valence electrons. The Bertz CT molecular complexity index is 560. The average molecular weight is 334 g/mol. The van der Waals surface area contributed by atoms with E-state index < -0.39 is 0 Å². The van der Waals surface area contributed by atoms with Gasteiger partial charge in [0.15, 0.2) is 11.5 Å². The van der Waals surface area contributed by atoms with E-state index in [4.69, 9.17) is 9.47 Å². The summed E-state index contributed by atoms with van der Waals surface area (Å²) < 4.78 is 10.8. The van der Waals surface area contributed by atoms with Crippen LogP contribution in [0.1, 0.15) is 45.2 Å². The molecule has 1 N–H and O–H groups in total. The van der Waals surface area contributed by atoms with Crippen molar-refractivity contribution in [2.24, 2.45) is 5.41 Å². The van der Waals surface area contributed by atoms with Gasteiger partial charge in [-0.15, -0.1) is 0 Å². The summed E-state index contributed by atoms with van der Waals surface area (Å²) in [6.45, 7) is 8.52. The summed E-state index contributed by atoms with van der Waals surface area (Å²) in [5.74, 6) is 1.52. The van der Waals surface area contributed by atoms with Crippen LogP contribution in [-0.2, 0) is 4.79 Å². The van der Waals surface area contributed by atoms with Crippen LogP contribution in [0.3, 0.4) is 0 Å². The standard InChI is InChI=1S/C19H30N2O3/c1-19(2,3)18(22)20-13-15(21-10-6-7-11-21)14-8-9-16(23-4)17(12-14)24-5/h8-9,12,15H,6-7,10-11,13H2,1-5H3,(H,20,22). The molecular formula is C19H30N2O3. The molecule has 1 aromatic rings. The van der Waals surface area contributed by atoms with Crippen LogP contribution in [-0.4, -0.2) is 44.7 Å². The Morgan fingerprint density at radius 1 is 1.17 bits per heavy atom. The highest BCUT2D eigenvalue weighted by atomic mass is 16.5. The molecule has 1 atom stereocenters. The fraction of sp³-hybridized carbons (Fsp3) is 0.632. The Balaban J connectivity index is 2.21. The number of hydrogen-bond donors (Lipinski definition) is 1. The van der Waals surface area contributed by atoms with Crippen molar-refractivity contribution in [2.75, 3.05) is 33.9 Å². The monoisotopic (exact) mass is 334 g/mol. The van der Waals surface area contributed by atoms with Crippen molar-refractivity contribution >= 4 is 5.91 Å². The van der Waals surface area contributed by atoms with Gasteiger partial charge in [-0.05, 0) is 43.6 Å². The summed E-state index contributed by atoms with van der Waals surface area (Å²) in [6, 6.07) is 6.17. The second-order valence-corrected chi connectivity index (χ2v) is 7.33. The molecule has 1 aromatic carbocycles. The molecule has 5 nitrogen and oxygen atoms in total. The summed E-state index contributed by atoms with van der Waals surface area (Å²) >= 11 is 0. The van der Waals surface area contributed by atoms with Crippen LogP contribution in [0.4, 0.5) is 0 Å². The number of ether oxygens (including phenoxy) is 2. The van der Waals surface area contributed by atoms with E-state index in [1.54, 1.807) is 14.2 Å². The largest absolute Gasteiger partial charge is 0.493 e. The van der Waals surface area contributed by atoms with E-state index >= 15 is 0 Å². The lowest BCUT2D eigenvalue weighted by molar-refractivity contribution is -0.128. The topological polar surface area (TPSA) is 50.8 Å². The Kier molecular flexibility index (Phi) is 6.10. The average Bonchev–Trinajstić information content (AvgIpc) is 3.08. The number of nitrogens with zero attached hydrogens (tertiary/aromatic N) is 1. The highest BCUT2D eigenvalue weighted by molar-refractivity contribution is 5.81. The van der Waals surface area contributed by atoms with Crippen LogP contribution in [0.15, 0.2) is 18.2 Å². The SMILES string of the molecule is COc1ccc(C(CNC(=O)C(C)(C)C)N2CCCC2)cc1OC. The first-order valence-corrected chi connectivity index (χ1v) is 8.61. The molecule has 0 radical (unpaired) electrons. The van der Waals surface area contributed by atoms with Crippen LogP contribution >= 0.6 is 0 Å². The minimum Gasteiger partial charge on any atom is -0.493 e. The van der Waals surface area contributed by atoms with Crippen molar-refractivity contribution in [1.82, 2.24) is 10.2 Å². The van der Waals surface area contributed by atoms with Gasteiger partial charge in [0, 0.05) is 12.0 Å². The Morgan fingerprint density at radius 3 is 2.33 bits per heavy atom. The number of nitrogens with one attached hydrogen (secondary N) is 1. The Labute approximate surface area is 145 Å². The summed E-state index contributed by atoms with van der Waals surface area (Å²) in [5, 5.41) is 3.11. The molecule has 2 rings (SSSR count). The van der Waals surface area contributed by atoms with Crippen LogP contribution in [0.25, 0.3) is 0 Å². The predicted molar refractivity (Wildman–Crippen MR) is 95.6 cm³/mol. The van der Waals surface area contributed by atoms with Crippen molar-refractivity contribution in [1.29, 1.82) is 0 Å². The smallest absolute Gasteiger partial charge is 0.225 e. The van der Waals surface area contributed by atoms with E-state index in [0.29, 0.717) is 6.54 Å². The number of carbonyl (C=O) groups is 1. The number of rotatable bonds is 6. The molecule has 24 heavy (non-hydrogen) atoms. The number of likely N-dealkylation sites (tertiary alicyclic amines) is 1. The summed E-state index contributed by atoms with van der Waals surface area (Å²) in [7, 11) is 3.28. The highest BCUT2D eigenvalue weighted by Gasteiger charge is 2.27. The molecule has 0 saturated carbocycles. The van der Waals surface area contributed by atoms with Gasteiger partial charge in [0.2, 0.25) is 5.91 Å². The molecule has 5 heteroatoms. The third-order valence-electron chi connectivity index (χ3n) is 4.51. The molecular weight excluding hydrogens is 304 g/mol. The predicted octanol–water partition coefficient (Wildman–Crippen LogP) is 3.00. The van der Waals surface area contributed by atoms with Gasteiger partial charge in [-0.25, -0.2) is 0 Å². The van der Waals surface area contributed by atoms with E-state index in [1.807, 2.05) is 32.9 Å². The maximum absolute atomic E-state index is 12.3. The zero-order valence-corrected chi connectivity index (χ0v) is 15.5. The molecule has 1 aliphatic rings. The third-order valence-corrected chi connectivity index (χ3v) is 4.51. The molecule has 1 aliphatic heterocycles. The van der Waals surface area contributed by atoms with E-state index in [9.17, 15) is 4.79 Å². The molecule has 1 unspecified atom stereocenters. The van der Waals surface area contributed by atoms with Gasteiger partial charge in [0.1, 0.15) is 0 Å². The molecule has 0 spiro atoms. The number of carbonyl (C=O) groups excluding carboxylic acids is 1. The quantitative estimate of drug-likeness (QED) is 0.869. The minimum atomic E-state index is -0.382. The lowest BCUT2D eigenvalue weighted by atomic mass is 9.95. The number of amides is 1. The van der Waals surface area contributed by atoms with Crippen LogP contribution in [0.5, 0.6) is 11.5 Å². The first-order chi connectivity index (χ1) is 11.4. The zero-order chi connectivity index (χ0) is 17.7. The Hall–Kier alpha value is -1.75. The molecule has 0 aromatic heterocycles. The van der Waals surface area contributed by atoms with Crippen LogP contribution in [0, 0.1) is 5.41 Å². The van der Waals surface area contributed by atoms with E-state index in [1.165, 1.54) is 12.8 Å². The van der Waals surface area contributed by atoms with Crippen molar-refractivity contribution in [3.8, 4) is 11.5 Å². The number of benzene rings is 1. The van der Waals surface area contributed by atoms with Crippen molar-refractivity contribution in [3.63, 3.8) is 0 Å². The lowest BCUT2D eigenvalue weighted by Gasteiger charge is -2.30. The summed E-state index contributed by atoms with van der Waals surface area (Å²) in [5.41, 5.74) is 0.761. The van der Waals surface area contributed by atoms with E-state index in [0.717, 1.165) is 30.2 Å². The van der Waals surface area contributed by atoms with Crippen LogP contribution in [0.2, 0.25) is 0 Å². The normalized spacial score (nSPS) is 16.7. The van der Waals surface area contributed by atoms with Crippen molar-refractivity contribution in [2.45, 2.75) is 39.7 Å². The molecule has 0 bridgehead atoms. The zero-order valence-electron chi connectivity index (χ0n) is 15.5. The molecule has 1 heterocycles. The van der Waals surface area contributed by atoms with Crippen molar-refractivity contribution in [3.05, 3.63) is 23.8 Å². The molecule has 1 saturated heterocycles. The maximum Gasteiger partial charge on any atom is 0.225 e. The molecule has 1 fully saturated rings. The van der Waals surface area contributed by atoms with Crippen LogP contribution < -0.4 is 14.8 Å². The number of hydrogen-bond acceptors (Lipinski definition) is 4. The minimum absolute atomic E-state index is 0.0761. The van der Waals surface area contributed by atoms with Gasteiger partial charge >= 0.3 is 0 Å². The van der Waals surface area contributed by atoms with Gasteiger partial charge in [-0.2, -0.15) is 0 Å². The highest BCUT2D eigenvalue weighted by Crippen LogP contribution is 2.33. The van der Waals surface area contributed by atoms with Gasteiger partial charge in [-0.1, -0.05) is 26.8 Å². The second kappa shape index (κ2) is 7.88. The fourth-order valence-corrected chi connectivity index (χ4v) is 3.03. The Morgan fingerprint density at radius 2 is 1.79 bits per heavy atom. The molecule has 0 aliphatic carbocycles. The fourth-order valence-electron chi connectivity index (χ4n) is 3.03. The first-order valence-electron chi connectivity index (χ1n) is 8.61. The van der Waals surface area contributed by atoms with Gasteiger partial charge < -0.3 is 14.8 Å². The van der Waals surface area contributed by atoms with Gasteiger partial charge in [-0.3, -0.25) is 9.69 Å². The first kappa shape index (κ1) is 18.6. The van der Waals surface area contributed by atoms with Crippen molar-refractivity contribution < 1.29 is 14.3 Å². The van der Waals surface area contributed by atoms with Gasteiger partial charge in [0.25, 0.3) is 0 Å². The molecule has 1 amide bonds. The second-order valence-electron chi connectivity index (χ2n) is 7.33. The third kappa shape index (κ3) is 4.41. The summed E-state index contributed by atoms with van der Waals surface area (Å²) in [6.07, 6.45) is 2.41. The van der Waals surface area contributed by atoms with E-state index in [2.05, 4.69) is 16.3 Å². The maximum atomic E-state index is 12.3. The lowest BCUT2D eigenvalue weighted by Crippen LogP contribution is -2.41.